The molecule has 2 aliphatic heterocycles. The molecule has 0 aromatic heterocycles. The van der Waals surface area contributed by atoms with E-state index in [1.807, 2.05) is 0 Å². The molecule has 0 saturated carbocycles. The van der Waals surface area contributed by atoms with Gasteiger partial charge >= 0.3 is 6.09 Å². The molecule has 2 amide bonds. The molecule has 0 spiro atoms. The van der Waals surface area contributed by atoms with Crippen molar-refractivity contribution in [2.24, 2.45) is 5.92 Å². The molecule has 1 aromatic rings. The van der Waals surface area contributed by atoms with Crippen LogP contribution in [-0.4, -0.2) is 105 Å². The van der Waals surface area contributed by atoms with Gasteiger partial charge < -0.3 is 14.9 Å². The van der Waals surface area contributed by atoms with Crippen LogP contribution in [0, 0.1) is 5.92 Å². The van der Waals surface area contributed by atoms with Gasteiger partial charge in [-0.1, -0.05) is 13.8 Å². The fourth-order valence-electron chi connectivity index (χ4n) is 4.38. The minimum atomic E-state index is -3.90. The molecule has 34 heavy (non-hydrogen) atoms. The first kappa shape index (κ1) is 26.4. The molecule has 0 radical (unpaired) electrons. The van der Waals surface area contributed by atoms with Crippen LogP contribution < -0.4 is 0 Å². The number of rotatable bonds is 7. The topological polar surface area (TPSA) is 136 Å². The Balaban J connectivity index is 1.71. The normalized spacial score (nSPS) is 20.5. The number of sulfonamides is 2. The predicted molar refractivity (Wildman–Crippen MR) is 124 cm³/mol. The Hall–Kier alpha value is -2.22. The maximum atomic E-state index is 13.2. The smallest absolute Gasteiger partial charge is 0.407 e. The number of piperidine rings is 1. The van der Waals surface area contributed by atoms with Crippen LogP contribution in [0.2, 0.25) is 0 Å². The zero-order valence-corrected chi connectivity index (χ0v) is 21.1. The zero-order valence-electron chi connectivity index (χ0n) is 19.5. The lowest BCUT2D eigenvalue weighted by atomic mass is 9.98. The molecular weight excluding hydrogens is 484 g/mol. The highest BCUT2D eigenvalue weighted by molar-refractivity contribution is 7.89. The summed E-state index contributed by atoms with van der Waals surface area (Å²) in [6, 6.07) is 5.19. The standard InChI is InChI=1S/C21H32N4O7S2/c1-3-24(4-2)33(29,30)18-7-9-19(10-8-18)34(31,32)25-11-5-6-17(16-25)20(26)22-12-14-23(15-13-22)21(27)28/h7-10,17H,3-6,11-16H2,1-2H3,(H,27,28). The summed E-state index contributed by atoms with van der Waals surface area (Å²) in [6.45, 7) is 5.46. The molecule has 13 heteroatoms. The number of carbonyl (C=O) groups excluding carboxylic acids is 1. The van der Waals surface area contributed by atoms with Gasteiger partial charge in [-0.2, -0.15) is 8.61 Å². The Morgan fingerprint density at radius 2 is 1.44 bits per heavy atom. The quantitative estimate of drug-likeness (QED) is 0.570. The number of carbonyl (C=O) groups is 2. The van der Waals surface area contributed by atoms with Gasteiger partial charge in [0, 0.05) is 52.4 Å². The highest BCUT2D eigenvalue weighted by Gasteiger charge is 2.36. The summed E-state index contributed by atoms with van der Waals surface area (Å²) < 4.78 is 54.4. The molecular formula is C21H32N4O7S2. The van der Waals surface area contributed by atoms with Gasteiger partial charge in [0.25, 0.3) is 0 Å². The van der Waals surface area contributed by atoms with Crippen LogP contribution in [0.1, 0.15) is 26.7 Å². The predicted octanol–water partition coefficient (Wildman–Crippen LogP) is 0.940. The van der Waals surface area contributed by atoms with Gasteiger partial charge in [0.1, 0.15) is 0 Å². The first-order valence-electron chi connectivity index (χ1n) is 11.4. The summed E-state index contributed by atoms with van der Waals surface area (Å²) in [7, 11) is -7.60. The maximum absolute atomic E-state index is 13.2. The van der Waals surface area contributed by atoms with Crippen LogP contribution in [0.25, 0.3) is 0 Å². The highest BCUT2D eigenvalue weighted by Crippen LogP contribution is 2.26. The zero-order chi connectivity index (χ0) is 25.1. The second kappa shape index (κ2) is 10.6. The molecule has 1 unspecified atom stereocenters. The van der Waals surface area contributed by atoms with E-state index in [1.165, 1.54) is 37.8 Å². The SMILES string of the molecule is CCN(CC)S(=O)(=O)c1ccc(S(=O)(=O)N2CCCC(C(=O)N3CCN(C(=O)O)CC3)C2)cc1. The van der Waals surface area contributed by atoms with Gasteiger partial charge in [0.2, 0.25) is 26.0 Å². The molecule has 0 aliphatic carbocycles. The third-order valence-corrected chi connectivity index (χ3v) is 10.3. The Morgan fingerprint density at radius 3 is 1.97 bits per heavy atom. The van der Waals surface area contributed by atoms with Crippen molar-refractivity contribution >= 4 is 32.0 Å². The van der Waals surface area contributed by atoms with E-state index in [-0.39, 0.29) is 55.0 Å². The second-order valence-corrected chi connectivity index (χ2v) is 12.2. The van der Waals surface area contributed by atoms with Crippen LogP contribution in [-0.2, 0) is 24.8 Å². The molecule has 2 saturated heterocycles. The van der Waals surface area contributed by atoms with E-state index in [4.69, 9.17) is 5.11 Å². The fourth-order valence-corrected chi connectivity index (χ4v) is 7.37. The van der Waals surface area contributed by atoms with Crippen LogP contribution in [0.15, 0.2) is 34.1 Å². The van der Waals surface area contributed by atoms with Crippen molar-refractivity contribution in [1.29, 1.82) is 0 Å². The van der Waals surface area contributed by atoms with Gasteiger partial charge in [-0.05, 0) is 37.1 Å². The molecule has 11 nitrogen and oxygen atoms in total. The average Bonchev–Trinajstić information content (AvgIpc) is 2.84. The van der Waals surface area contributed by atoms with E-state index in [0.29, 0.717) is 25.9 Å². The Kier molecular flexibility index (Phi) is 8.22. The second-order valence-electron chi connectivity index (χ2n) is 8.36. The summed E-state index contributed by atoms with van der Waals surface area (Å²) >= 11 is 0. The minimum absolute atomic E-state index is 0.0193. The van der Waals surface area contributed by atoms with Gasteiger partial charge in [-0.3, -0.25) is 4.79 Å². The van der Waals surface area contributed by atoms with Crippen molar-refractivity contribution in [2.75, 3.05) is 52.4 Å². The van der Waals surface area contributed by atoms with Crippen molar-refractivity contribution in [3.05, 3.63) is 24.3 Å². The van der Waals surface area contributed by atoms with Crippen molar-refractivity contribution in [2.45, 2.75) is 36.5 Å². The third kappa shape index (κ3) is 5.37. The number of nitrogens with zero attached hydrogens (tertiary/aromatic N) is 4. The van der Waals surface area contributed by atoms with Crippen molar-refractivity contribution < 1.29 is 31.5 Å². The van der Waals surface area contributed by atoms with Crippen LogP contribution in [0.5, 0.6) is 0 Å². The molecule has 3 rings (SSSR count). The van der Waals surface area contributed by atoms with Crippen molar-refractivity contribution in [1.82, 2.24) is 18.4 Å². The number of hydrogen-bond donors (Lipinski definition) is 1. The minimum Gasteiger partial charge on any atom is -0.465 e. The van der Waals surface area contributed by atoms with E-state index < -0.39 is 32.1 Å². The van der Waals surface area contributed by atoms with Gasteiger partial charge in [-0.15, -0.1) is 0 Å². The summed E-state index contributed by atoms with van der Waals surface area (Å²) in [4.78, 5) is 26.9. The number of carboxylic acid groups (broad SMARTS) is 1. The van der Waals surface area contributed by atoms with Crippen molar-refractivity contribution in [3.8, 4) is 0 Å². The Morgan fingerprint density at radius 1 is 0.912 bits per heavy atom. The fraction of sp³-hybridized carbons (Fsp3) is 0.619. The molecule has 190 valence electrons. The summed E-state index contributed by atoms with van der Waals surface area (Å²) in [5.41, 5.74) is 0. The maximum Gasteiger partial charge on any atom is 0.407 e. The highest BCUT2D eigenvalue weighted by atomic mass is 32.2. The lowest BCUT2D eigenvalue weighted by Crippen LogP contribution is -2.53. The van der Waals surface area contributed by atoms with E-state index in [0.717, 1.165) is 0 Å². The van der Waals surface area contributed by atoms with E-state index >= 15 is 0 Å². The van der Waals surface area contributed by atoms with E-state index in [1.54, 1.807) is 18.7 Å². The van der Waals surface area contributed by atoms with Crippen LogP contribution in [0.3, 0.4) is 0 Å². The number of hydrogen-bond acceptors (Lipinski definition) is 6. The summed E-state index contributed by atoms with van der Waals surface area (Å²) in [5.74, 6) is -0.659. The van der Waals surface area contributed by atoms with Crippen molar-refractivity contribution in [3.63, 3.8) is 0 Å². The molecule has 2 heterocycles. The molecule has 1 aromatic carbocycles. The summed E-state index contributed by atoms with van der Waals surface area (Å²) in [6.07, 6.45) is 0.0717. The van der Waals surface area contributed by atoms with Crippen LogP contribution >= 0.6 is 0 Å². The molecule has 2 aliphatic rings. The monoisotopic (exact) mass is 516 g/mol. The Labute approximate surface area is 201 Å². The van der Waals surface area contributed by atoms with Gasteiger partial charge in [0.05, 0.1) is 15.7 Å². The first-order valence-corrected chi connectivity index (χ1v) is 14.3. The molecule has 1 atom stereocenters. The van der Waals surface area contributed by atoms with E-state index in [2.05, 4.69) is 0 Å². The average molecular weight is 517 g/mol. The summed E-state index contributed by atoms with van der Waals surface area (Å²) in [5, 5.41) is 9.07. The number of benzene rings is 1. The lowest BCUT2D eigenvalue weighted by Gasteiger charge is -2.37. The first-order chi connectivity index (χ1) is 16.0. The number of amides is 2. The van der Waals surface area contributed by atoms with Crippen LogP contribution in [0.4, 0.5) is 4.79 Å². The Bertz CT molecular complexity index is 1090. The molecule has 2 fully saturated rings. The number of piperazine rings is 1. The lowest BCUT2D eigenvalue weighted by molar-refractivity contribution is -0.138. The third-order valence-electron chi connectivity index (χ3n) is 6.40. The molecule has 1 N–H and O–H groups in total. The van der Waals surface area contributed by atoms with Gasteiger partial charge in [0.15, 0.2) is 0 Å². The van der Waals surface area contributed by atoms with Gasteiger partial charge in [-0.25, -0.2) is 21.6 Å². The molecule has 0 bridgehead atoms. The van der Waals surface area contributed by atoms with E-state index in [9.17, 15) is 26.4 Å². The largest absolute Gasteiger partial charge is 0.465 e.